The van der Waals surface area contributed by atoms with E-state index in [1.807, 2.05) is 24.3 Å². The van der Waals surface area contributed by atoms with Crippen molar-refractivity contribution in [2.75, 3.05) is 11.6 Å². The van der Waals surface area contributed by atoms with Gasteiger partial charge in [0.1, 0.15) is 5.82 Å². The van der Waals surface area contributed by atoms with E-state index in [2.05, 4.69) is 17.1 Å². The van der Waals surface area contributed by atoms with Crippen molar-refractivity contribution in [1.82, 2.24) is 4.98 Å². The van der Waals surface area contributed by atoms with E-state index in [0.29, 0.717) is 11.7 Å². The molecule has 0 amide bonds. The van der Waals surface area contributed by atoms with Crippen LogP contribution in [0.25, 0.3) is 11.3 Å². The van der Waals surface area contributed by atoms with Gasteiger partial charge in [-0.05, 0) is 24.1 Å². The van der Waals surface area contributed by atoms with E-state index < -0.39 is 0 Å². The zero-order chi connectivity index (χ0) is 11.4. The predicted molar refractivity (Wildman–Crippen MR) is 75.8 cm³/mol. The topological polar surface area (TPSA) is 38.9 Å². The number of halogens is 2. The lowest BCUT2D eigenvalue weighted by atomic mass is 10.1. The van der Waals surface area contributed by atoms with Gasteiger partial charge in [0.25, 0.3) is 0 Å². The molecule has 1 aromatic carbocycles. The SMILES string of the molecule is Cl.Nc1cccc(-c2ccc(CCCl)cc2)n1. The van der Waals surface area contributed by atoms with Gasteiger partial charge < -0.3 is 5.73 Å². The minimum Gasteiger partial charge on any atom is -0.384 e. The lowest BCUT2D eigenvalue weighted by Gasteiger charge is -2.03. The number of hydrogen-bond acceptors (Lipinski definition) is 2. The van der Waals surface area contributed by atoms with E-state index in [0.717, 1.165) is 17.7 Å². The molecule has 1 heterocycles. The molecule has 4 heteroatoms. The highest BCUT2D eigenvalue weighted by atomic mass is 35.5. The first kappa shape index (κ1) is 13.8. The second kappa shape index (κ2) is 6.48. The van der Waals surface area contributed by atoms with E-state index in [1.54, 1.807) is 6.07 Å². The molecule has 0 spiro atoms. The van der Waals surface area contributed by atoms with Crippen LogP contribution in [0.2, 0.25) is 0 Å². The number of alkyl halides is 1. The lowest BCUT2D eigenvalue weighted by molar-refractivity contribution is 1.15. The van der Waals surface area contributed by atoms with Gasteiger partial charge in [0, 0.05) is 11.4 Å². The fourth-order valence-corrected chi connectivity index (χ4v) is 1.78. The van der Waals surface area contributed by atoms with Crippen LogP contribution in [0.15, 0.2) is 42.5 Å². The molecular formula is C13H14Cl2N2. The van der Waals surface area contributed by atoms with Crippen molar-refractivity contribution in [2.45, 2.75) is 6.42 Å². The Bertz CT molecular complexity index is 469. The Labute approximate surface area is 112 Å². The van der Waals surface area contributed by atoms with E-state index >= 15 is 0 Å². The first-order chi connectivity index (χ1) is 7.79. The molecular weight excluding hydrogens is 255 g/mol. The standard InChI is InChI=1S/C13H13ClN2.ClH/c14-9-8-10-4-6-11(7-5-10)12-2-1-3-13(15)16-12;/h1-7H,8-9H2,(H2,15,16);1H. The molecule has 17 heavy (non-hydrogen) atoms. The molecule has 0 aliphatic heterocycles. The number of anilines is 1. The molecule has 0 fully saturated rings. The van der Waals surface area contributed by atoms with Gasteiger partial charge in [0.05, 0.1) is 5.69 Å². The number of hydrogen-bond donors (Lipinski definition) is 1. The predicted octanol–water partition coefficient (Wildman–Crippen LogP) is 3.53. The summed E-state index contributed by atoms with van der Waals surface area (Å²) in [5.74, 6) is 1.19. The van der Waals surface area contributed by atoms with Crippen molar-refractivity contribution < 1.29 is 0 Å². The van der Waals surface area contributed by atoms with E-state index in [4.69, 9.17) is 17.3 Å². The normalized spacial score (nSPS) is 9.71. The van der Waals surface area contributed by atoms with Crippen LogP contribution in [0, 0.1) is 0 Å². The molecule has 2 nitrogen and oxygen atoms in total. The molecule has 0 aliphatic carbocycles. The van der Waals surface area contributed by atoms with Crippen LogP contribution in [0.3, 0.4) is 0 Å². The number of nitrogens with zero attached hydrogens (tertiary/aromatic N) is 1. The first-order valence-corrected chi connectivity index (χ1v) is 5.71. The van der Waals surface area contributed by atoms with Gasteiger partial charge in [-0.3, -0.25) is 0 Å². The second-order valence-corrected chi connectivity index (χ2v) is 3.96. The van der Waals surface area contributed by atoms with E-state index in [9.17, 15) is 0 Å². The fraction of sp³-hybridized carbons (Fsp3) is 0.154. The Hall–Kier alpha value is -1.25. The summed E-state index contributed by atoms with van der Waals surface area (Å²) < 4.78 is 0. The van der Waals surface area contributed by atoms with Gasteiger partial charge in [0.2, 0.25) is 0 Å². The monoisotopic (exact) mass is 268 g/mol. The van der Waals surface area contributed by atoms with Crippen molar-refractivity contribution in [2.24, 2.45) is 0 Å². The van der Waals surface area contributed by atoms with Crippen LogP contribution >= 0.6 is 24.0 Å². The Morgan fingerprint density at radius 2 is 1.76 bits per heavy atom. The number of nitrogen functional groups attached to an aromatic ring is 1. The molecule has 0 aliphatic rings. The third-order valence-electron chi connectivity index (χ3n) is 2.40. The van der Waals surface area contributed by atoms with Crippen molar-refractivity contribution in [3.05, 3.63) is 48.0 Å². The van der Waals surface area contributed by atoms with Crippen molar-refractivity contribution in [1.29, 1.82) is 0 Å². The summed E-state index contributed by atoms with van der Waals surface area (Å²) in [6, 6.07) is 13.9. The lowest BCUT2D eigenvalue weighted by Crippen LogP contribution is -1.92. The highest BCUT2D eigenvalue weighted by Gasteiger charge is 1.99. The van der Waals surface area contributed by atoms with Crippen molar-refractivity contribution >= 4 is 29.8 Å². The van der Waals surface area contributed by atoms with Gasteiger partial charge in [-0.25, -0.2) is 4.98 Å². The summed E-state index contributed by atoms with van der Waals surface area (Å²) in [5, 5.41) is 0. The molecule has 0 atom stereocenters. The van der Waals surface area contributed by atoms with Crippen molar-refractivity contribution in [3.8, 4) is 11.3 Å². The third kappa shape index (κ3) is 3.62. The van der Waals surface area contributed by atoms with Crippen LogP contribution in [0.4, 0.5) is 5.82 Å². The molecule has 0 saturated carbocycles. The average Bonchev–Trinajstić information content (AvgIpc) is 2.30. The first-order valence-electron chi connectivity index (χ1n) is 5.17. The summed E-state index contributed by atoms with van der Waals surface area (Å²) in [7, 11) is 0. The molecule has 2 rings (SSSR count). The number of aromatic nitrogens is 1. The minimum atomic E-state index is 0. The Morgan fingerprint density at radius 3 is 2.35 bits per heavy atom. The number of benzene rings is 1. The van der Waals surface area contributed by atoms with E-state index in [-0.39, 0.29) is 12.4 Å². The molecule has 2 N–H and O–H groups in total. The quantitative estimate of drug-likeness (QED) is 0.865. The summed E-state index contributed by atoms with van der Waals surface area (Å²) >= 11 is 5.68. The molecule has 0 saturated heterocycles. The van der Waals surface area contributed by atoms with Crippen LogP contribution in [0.5, 0.6) is 0 Å². The third-order valence-corrected chi connectivity index (χ3v) is 2.59. The maximum atomic E-state index is 5.68. The second-order valence-electron chi connectivity index (χ2n) is 3.58. The summed E-state index contributed by atoms with van der Waals surface area (Å²) in [6.07, 6.45) is 0.895. The van der Waals surface area contributed by atoms with Gasteiger partial charge in [-0.15, -0.1) is 24.0 Å². The highest BCUT2D eigenvalue weighted by Crippen LogP contribution is 2.18. The maximum absolute atomic E-state index is 5.68. The number of nitrogens with two attached hydrogens (primary N) is 1. The van der Waals surface area contributed by atoms with E-state index in [1.165, 1.54) is 5.56 Å². The van der Waals surface area contributed by atoms with Gasteiger partial charge in [-0.2, -0.15) is 0 Å². The average molecular weight is 269 g/mol. The number of pyridine rings is 1. The van der Waals surface area contributed by atoms with Crippen LogP contribution < -0.4 is 5.73 Å². The van der Waals surface area contributed by atoms with Crippen LogP contribution in [-0.2, 0) is 6.42 Å². The summed E-state index contributed by atoms with van der Waals surface area (Å²) in [6.45, 7) is 0. The Kier molecular flexibility index (Phi) is 5.26. The van der Waals surface area contributed by atoms with Crippen LogP contribution in [0.1, 0.15) is 5.56 Å². The zero-order valence-corrected chi connectivity index (χ0v) is 10.8. The molecule has 90 valence electrons. The molecule has 2 aromatic rings. The highest BCUT2D eigenvalue weighted by molar-refractivity contribution is 6.17. The molecule has 0 radical (unpaired) electrons. The van der Waals surface area contributed by atoms with Gasteiger partial charge in [0.15, 0.2) is 0 Å². The Morgan fingerprint density at radius 1 is 1.06 bits per heavy atom. The molecule has 0 unspecified atom stereocenters. The largest absolute Gasteiger partial charge is 0.384 e. The molecule has 0 bridgehead atoms. The Balaban J connectivity index is 0.00000144. The number of rotatable bonds is 3. The number of aryl methyl sites for hydroxylation is 1. The summed E-state index contributed by atoms with van der Waals surface area (Å²) in [5.41, 5.74) is 8.86. The fourth-order valence-electron chi connectivity index (χ4n) is 1.56. The smallest absolute Gasteiger partial charge is 0.124 e. The maximum Gasteiger partial charge on any atom is 0.124 e. The summed E-state index contributed by atoms with van der Waals surface area (Å²) in [4.78, 5) is 4.27. The van der Waals surface area contributed by atoms with Gasteiger partial charge >= 0.3 is 0 Å². The van der Waals surface area contributed by atoms with Gasteiger partial charge in [-0.1, -0.05) is 30.3 Å². The zero-order valence-electron chi connectivity index (χ0n) is 9.27. The molecule has 1 aromatic heterocycles. The van der Waals surface area contributed by atoms with Crippen LogP contribution in [-0.4, -0.2) is 10.9 Å². The van der Waals surface area contributed by atoms with Crippen molar-refractivity contribution in [3.63, 3.8) is 0 Å². The minimum absolute atomic E-state index is 0.